The molecule has 0 saturated carbocycles. The number of hydrogen-bond donors (Lipinski definition) is 0. The van der Waals surface area contributed by atoms with E-state index in [1.165, 1.54) is 0 Å². The number of aryl methyl sites for hydroxylation is 1. The average Bonchev–Trinajstić information content (AvgIpc) is 2.81. The standard InChI is InChI=1S/C12H16N2O/c1-9-6-11(7-13)10(2)14(9)8-12-4-3-5-15-12/h6,12H,3-5,8H2,1-2H3. The molecule has 0 aromatic carbocycles. The van der Waals surface area contributed by atoms with Gasteiger partial charge in [0.1, 0.15) is 6.07 Å². The maximum atomic E-state index is 8.92. The van der Waals surface area contributed by atoms with Crippen LogP contribution in [0.25, 0.3) is 0 Å². The van der Waals surface area contributed by atoms with Crippen molar-refractivity contribution in [1.82, 2.24) is 4.57 Å². The normalized spacial score (nSPS) is 20.5. The van der Waals surface area contributed by atoms with Gasteiger partial charge in [-0.15, -0.1) is 0 Å². The molecule has 0 bridgehead atoms. The fourth-order valence-electron chi connectivity index (χ4n) is 2.19. The highest BCUT2D eigenvalue weighted by Crippen LogP contribution is 2.19. The smallest absolute Gasteiger partial charge is 0.101 e. The largest absolute Gasteiger partial charge is 0.376 e. The van der Waals surface area contributed by atoms with Crippen molar-refractivity contribution < 1.29 is 4.74 Å². The first-order valence-electron chi connectivity index (χ1n) is 5.41. The van der Waals surface area contributed by atoms with Crippen LogP contribution >= 0.6 is 0 Å². The van der Waals surface area contributed by atoms with E-state index in [-0.39, 0.29) is 0 Å². The van der Waals surface area contributed by atoms with E-state index in [0.29, 0.717) is 6.10 Å². The van der Waals surface area contributed by atoms with E-state index in [0.717, 1.165) is 42.9 Å². The van der Waals surface area contributed by atoms with Crippen molar-refractivity contribution in [2.24, 2.45) is 0 Å². The van der Waals surface area contributed by atoms with E-state index in [4.69, 9.17) is 10.00 Å². The number of rotatable bonds is 2. The summed E-state index contributed by atoms with van der Waals surface area (Å²) in [5.41, 5.74) is 3.00. The lowest BCUT2D eigenvalue weighted by Gasteiger charge is -2.14. The molecule has 1 aliphatic rings. The van der Waals surface area contributed by atoms with Gasteiger partial charge in [0.05, 0.1) is 11.7 Å². The Morgan fingerprint density at radius 1 is 1.60 bits per heavy atom. The van der Waals surface area contributed by atoms with Crippen molar-refractivity contribution in [1.29, 1.82) is 5.26 Å². The highest BCUT2D eigenvalue weighted by Gasteiger charge is 2.18. The van der Waals surface area contributed by atoms with Crippen LogP contribution in [0.5, 0.6) is 0 Å². The lowest BCUT2D eigenvalue weighted by molar-refractivity contribution is 0.0962. The molecule has 15 heavy (non-hydrogen) atoms. The molecule has 0 amide bonds. The van der Waals surface area contributed by atoms with Gasteiger partial charge in [0.15, 0.2) is 0 Å². The van der Waals surface area contributed by atoms with Crippen molar-refractivity contribution in [3.8, 4) is 6.07 Å². The third-order valence-electron chi connectivity index (χ3n) is 3.10. The van der Waals surface area contributed by atoms with Crippen molar-refractivity contribution >= 4 is 0 Å². The van der Waals surface area contributed by atoms with Crippen LogP contribution in [-0.2, 0) is 11.3 Å². The Kier molecular flexibility index (Phi) is 2.79. The third kappa shape index (κ3) is 1.91. The van der Waals surface area contributed by atoms with Crippen LogP contribution < -0.4 is 0 Å². The SMILES string of the molecule is Cc1cc(C#N)c(C)n1CC1CCCO1. The first kappa shape index (κ1) is 10.3. The van der Waals surface area contributed by atoms with Crippen LogP contribution in [0.2, 0.25) is 0 Å². The Labute approximate surface area is 90.3 Å². The van der Waals surface area contributed by atoms with Crippen molar-refractivity contribution in [3.05, 3.63) is 23.0 Å². The Morgan fingerprint density at radius 2 is 2.40 bits per heavy atom. The number of nitriles is 1. The van der Waals surface area contributed by atoms with Crippen LogP contribution in [0, 0.1) is 25.2 Å². The first-order valence-corrected chi connectivity index (χ1v) is 5.41. The number of aromatic nitrogens is 1. The molecule has 1 unspecified atom stereocenters. The Balaban J connectivity index is 2.20. The van der Waals surface area contributed by atoms with Crippen LogP contribution in [0.15, 0.2) is 6.07 Å². The molecule has 1 atom stereocenters. The van der Waals surface area contributed by atoms with E-state index in [1.54, 1.807) is 0 Å². The molecule has 0 spiro atoms. The van der Waals surface area contributed by atoms with Crippen LogP contribution in [-0.4, -0.2) is 17.3 Å². The second-order valence-electron chi connectivity index (χ2n) is 4.14. The minimum absolute atomic E-state index is 0.335. The number of nitrogens with zero attached hydrogens (tertiary/aromatic N) is 2. The predicted octanol–water partition coefficient (Wildman–Crippen LogP) is 2.16. The van der Waals surface area contributed by atoms with Gasteiger partial charge in [0.2, 0.25) is 0 Å². The summed E-state index contributed by atoms with van der Waals surface area (Å²) in [6.45, 7) is 5.82. The Morgan fingerprint density at radius 3 is 2.93 bits per heavy atom. The number of ether oxygens (including phenoxy) is 1. The highest BCUT2D eigenvalue weighted by molar-refractivity contribution is 5.37. The molecule has 1 aromatic rings. The minimum Gasteiger partial charge on any atom is -0.376 e. The highest BCUT2D eigenvalue weighted by atomic mass is 16.5. The fourth-order valence-corrected chi connectivity index (χ4v) is 2.19. The van der Waals surface area contributed by atoms with E-state index >= 15 is 0 Å². The topological polar surface area (TPSA) is 38.0 Å². The minimum atomic E-state index is 0.335. The zero-order valence-corrected chi connectivity index (χ0v) is 9.29. The summed E-state index contributed by atoms with van der Waals surface area (Å²) in [6, 6.07) is 4.17. The van der Waals surface area contributed by atoms with Gasteiger partial charge in [-0.1, -0.05) is 0 Å². The first-order chi connectivity index (χ1) is 7.22. The molecule has 0 aliphatic carbocycles. The molecule has 1 aromatic heterocycles. The molecule has 2 rings (SSSR count). The second-order valence-corrected chi connectivity index (χ2v) is 4.14. The molecule has 3 heteroatoms. The molecular weight excluding hydrogens is 188 g/mol. The third-order valence-corrected chi connectivity index (χ3v) is 3.10. The summed E-state index contributed by atoms with van der Waals surface area (Å²) in [6.07, 6.45) is 2.63. The molecule has 80 valence electrons. The Hall–Kier alpha value is -1.27. The van der Waals surface area contributed by atoms with Crippen LogP contribution in [0.1, 0.15) is 29.8 Å². The van der Waals surface area contributed by atoms with E-state index in [2.05, 4.69) is 10.6 Å². The van der Waals surface area contributed by atoms with Gasteiger partial charge in [0.25, 0.3) is 0 Å². The molecule has 1 fully saturated rings. The maximum absolute atomic E-state index is 8.92. The maximum Gasteiger partial charge on any atom is 0.101 e. The summed E-state index contributed by atoms with van der Waals surface area (Å²) in [4.78, 5) is 0. The van der Waals surface area contributed by atoms with Crippen molar-refractivity contribution in [3.63, 3.8) is 0 Å². The van der Waals surface area contributed by atoms with E-state index in [9.17, 15) is 0 Å². The van der Waals surface area contributed by atoms with Gasteiger partial charge < -0.3 is 9.30 Å². The summed E-state index contributed by atoms with van der Waals surface area (Å²) in [5, 5.41) is 8.92. The van der Waals surface area contributed by atoms with Gasteiger partial charge in [-0.05, 0) is 32.8 Å². The second kappa shape index (κ2) is 4.08. The van der Waals surface area contributed by atoms with Crippen LogP contribution in [0.4, 0.5) is 0 Å². The molecule has 3 nitrogen and oxygen atoms in total. The Bertz CT molecular complexity index is 394. The van der Waals surface area contributed by atoms with Crippen molar-refractivity contribution in [2.75, 3.05) is 6.61 Å². The zero-order chi connectivity index (χ0) is 10.8. The van der Waals surface area contributed by atoms with Crippen LogP contribution in [0.3, 0.4) is 0 Å². The predicted molar refractivity (Wildman–Crippen MR) is 57.6 cm³/mol. The fraction of sp³-hybridized carbons (Fsp3) is 0.583. The van der Waals surface area contributed by atoms with Gasteiger partial charge >= 0.3 is 0 Å². The summed E-state index contributed by atoms with van der Waals surface area (Å²) < 4.78 is 7.80. The zero-order valence-electron chi connectivity index (χ0n) is 9.29. The molecule has 0 N–H and O–H groups in total. The molecular formula is C12H16N2O. The van der Waals surface area contributed by atoms with E-state index in [1.807, 2.05) is 19.9 Å². The quantitative estimate of drug-likeness (QED) is 0.740. The summed E-state index contributed by atoms with van der Waals surface area (Å²) in [7, 11) is 0. The average molecular weight is 204 g/mol. The monoisotopic (exact) mass is 204 g/mol. The van der Waals surface area contributed by atoms with E-state index < -0.39 is 0 Å². The number of hydrogen-bond acceptors (Lipinski definition) is 2. The molecule has 1 saturated heterocycles. The van der Waals surface area contributed by atoms with Gasteiger partial charge in [-0.2, -0.15) is 5.26 Å². The summed E-state index contributed by atoms with van der Waals surface area (Å²) in [5.74, 6) is 0. The summed E-state index contributed by atoms with van der Waals surface area (Å²) >= 11 is 0. The molecule has 0 radical (unpaired) electrons. The molecule has 2 heterocycles. The van der Waals surface area contributed by atoms with Gasteiger partial charge in [0, 0.05) is 24.5 Å². The molecule has 1 aliphatic heterocycles. The lowest BCUT2D eigenvalue weighted by Crippen LogP contribution is -2.16. The van der Waals surface area contributed by atoms with Gasteiger partial charge in [-0.25, -0.2) is 0 Å². The lowest BCUT2D eigenvalue weighted by atomic mass is 10.2. The van der Waals surface area contributed by atoms with Gasteiger partial charge in [-0.3, -0.25) is 0 Å². The van der Waals surface area contributed by atoms with Crippen molar-refractivity contribution in [2.45, 2.75) is 39.3 Å².